The Hall–Kier alpha value is -4.59. The maximum Gasteiger partial charge on any atom is 0.281 e. The molecule has 8 heteroatoms. The fraction of sp³-hybridized carbons (Fsp3) is 0.207. The van der Waals surface area contributed by atoms with Crippen molar-refractivity contribution >= 4 is 17.1 Å². The van der Waals surface area contributed by atoms with Gasteiger partial charge in [-0.1, -0.05) is 78.0 Å². The lowest BCUT2D eigenvalue weighted by atomic mass is 9.95. The highest BCUT2D eigenvalue weighted by atomic mass is 16.2. The summed E-state index contributed by atoms with van der Waals surface area (Å²) >= 11 is 0. The Morgan fingerprint density at radius 2 is 1.51 bits per heavy atom. The summed E-state index contributed by atoms with van der Waals surface area (Å²) in [5.41, 5.74) is 4.40. The van der Waals surface area contributed by atoms with Crippen molar-refractivity contribution in [3.63, 3.8) is 0 Å². The lowest BCUT2D eigenvalue weighted by Crippen LogP contribution is -2.38. The molecule has 1 saturated heterocycles. The number of carbonyl (C=O) groups is 1. The highest BCUT2D eigenvalue weighted by Crippen LogP contribution is 2.27. The Morgan fingerprint density at radius 1 is 0.865 bits per heavy atom. The number of aromatic amines is 1. The minimum Gasteiger partial charge on any atom is -0.339 e. The molecular formula is C29H26N6O2. The van der Waals surface area contributed by atoms with Crippen molar-refractivity contribution in [3.8, 4) is 11.1 Å². The maximum absolute atomic E-state index is 13.1. The summed E-state index contributed by atoms with van der Waals surface area (Å²) < 4.78 is 1.67. The zero-order valence-corrected chi connectivity index (χ0v) is 20.2. The molecule has 1 aliphatic heterocycles. The third-order valence-corrected chi connectivity index (χ3v) is 6.98. The summed E-state index contributed by atoms with van der Waals surface area (Å²) in [6.07, 6.45) is 1.45. The molecule has 0 radical (unpaired) electrons. The number of amides is 1. The van der Waals surface area contributed by atoms with Crippen LogP contribution in [0.2, 0.25) is 0 Å². The molecule has 37 heavy (non-hydrogen) atoms. The molecule has 5 aromatic rings. The second-order valence-electron chi connectivity index (χ2n) is 9.37. The molecule has 184 valence electrons. The van der Waals surface area contributed by atoms with Gasteiger partial charge in [-0.25, -0.2) is 9.67 Å². The van der Waals surface area contributed by atoms with Gasteiger partial charge in [-0.3, -0.25) is 9.59 Å². The molecule has 0 saturated carbocycles. The molecule has 0 aliphatic carbocycles. The predicted octanol–water partition coefficient (Wildman–Crippen LogP) is 4.25. The first-order valence-corrected chi connectivity index (χ1v) is 12.5. The van der Waals surface area contributed by atoms with Gasteiger partial charge in [0.05, 0.1) is 6.54 Å². The van der Waals surface area contributed by atoms with E-state index in [4.69, 9.17) is 4.98 Å². The summed E-state index contributed by atoms with van der Waals surface area (Å²) in [6, 6.07) is 27.8. The van der Waals surface area contributed by atoms with Crippen LogP contribution in [0, 0.1) is 0 Å². The molecule has 3 aromatic carbocycles. The third kappa shape index (κ3) is 4.65. The minimum atomic E-state index is -0.281. The van der Waals surface area contributed by atoms with E-state index in [1.807, 2.05) is 77.7 Å². The molecule has 1 aliphatic rings. The Balaban J connectivity index is 1.15. The Kier molecular flexibility index (Phi) is 6.06. The zero-order valence-electron chi connectivity index (χ0n) is 20.2. The van der Waals surface area contributed by atoms with Crippen molar-refractivity contribution in [1.82, 2.24) is 29.9 Å². The number of piperidine rings is 1. The molecule has 1 fully saturated rings. The van der Waals surface area contributed by atoms with E-state index < -0.39 is 0 Å². The number of carbonyl (C=O) groups excluding carboxylic acids is 1. The van der Waals surface area contributed by atoms with E-state index in [0.717, 1.165) is 29.5 Å². The molecule has 1 amide bonds. The van der Waals surface area contributed by atoms with E-state index in [-0.39, 0.29) is 22.9 Å². The predicted molar refractivity (Wildman–Crippen MR) is 141 cm³/mol. The van der Waals surface area contributed by atoms with E-state index in [9.17, 15) is 9.59 Å². The van der Waals surface area contributed by atoms with Crippen molar-refractivity contribution in [2.24, 2.45) is 0 Å². The molecule has 0 spiro atoms. The second-order valence-corrected chi connectivity index (χ2v) is 9.37. The standard InChI is InChI=1S/C29H26N6O2/c36-28-25-27(35(33-32-25)19-20-7-3-1-4-8-20)30-26(31-28)23-15-17-34(18-16-23)29(37)24-13-11-22(12-14-24)21-9-5-2-6-10-21/h1-14,23H,15-19H2,(H,30,31,36). The first-order valence-electron chi connectivity index (χ1n) is 12.5. The number of hydrogen-bond acceptors (Lipinski definition) is 5. The first kappa shape index (κ1) is 22.8. The van der Waals surface area contributed by atoms with Crippen LogP contribution in [0.15, 0.2) is 89.7 Å². The van der Waals surface area contributed by atoms with Crippen LogP contribution in [-0.4, -0.2) is 48.9 Å². The number of nitrogens with one attached hydrogen (secondary N) is 1. The number of aromatic nitrogens is 5. The Morgan fingerprint density at radius 3 is 2.22 bits per heavy atom. The van der Waals surface area contributed by atoms with E-state index in [2.05, 4.69) is 27.4 Å². The minimum absolute atomic E-state index is 0.0279. The number of benzene rings is 3. The van der Waals surface area contributed by atoms with Gasteiger partial charge < -0.3 is 9.88 Å². The average molecular weight is 491 g/mol. The monoisotopic (exact) mass is 490 g/mol. The number of H-pyrrole nitrogens is 1. The lowest BCUT2D eigenvalue weighted by Gasteiger charge is -2.31. The Bertz CT molecular complexity index is 1590. The number of hydrogen-bond donors (Lipinski definition) is 1. The van der Waals surface area contributed by atoms with E-state index in [1.165, 1.54) is 0 Å². The quantitative estimate of drug-likeness (QED) is 0.397. The van der Waals surface area contributed by atoms with E-state index in [0.29, 0.717) is 36.7 Å². The van der Waals surface area contributed by atoms with E-state index in [1.54, 1.807) is 4.68 Å². The summed E-state index contributed by atoms with van der Waals surface area (Å²) in [5, 5.41) is 8.21. The molecule has 0 bridgehead atoms. The van der Waals surface area contributed by atoms with Crippen LogP contribution in [0.1, 0.15) is 40.5 Å². The normalized spacial score (nSPS) is 14.2. The largest absolute Gasteiger partial charge is 0.339 e. The molecule has 6 rings (SSSR count). The number of nitrogens with zero attached hydrogens (tertiary/aromatic N) is 5. The first-order chi connectivity index (χ1) is 18.2. The second kappa shape index (κ2) is 9.81. The van der Waals surface area contributed by atoms with Crippen LogP contribution in [0.25, 0.3) is 22.3 Å². The van der Waals surface area contributed by atoms with Crippen molar-refractivity contribution < 1.29 is 4.79 Å². The van der Waals surface area contributed by atoms with Gasteiger partial charge in [-0.15, -0.1) is 5.10 Å². The van der Waals surface area contributed by atoms with Crippen molar-refractivity contribution in [2.45, 2.75) is 25.3 Å². The topological polar surface area (TPSA) is 96.8 Å². The molecular weight excluding hydrogens is 464 g/mol. The number of rotatable bonds is 5. The summed E-state index contributed by atoms with van der Waals surface area (Å²) in [5.74, 6) is 0.718. The van der Waals surface area contributed by atoms with Crippen molar-refractivity contribution in [3.05, 3.63) is 112 Å². The van der Waals surface area contributed by atoms with Crippen LogP contribution >= 0.6 is 0 Å². The van der Waals surface area contributed by atoms with Crippen LogP contribution in [0.5, 0.6) is 0 Å². The van der Waals surface area contributed by atoms with E-state index >= 15 is 0 Å². The number of likely N-dealkylation sites (tertiary alicyclic amines) is 1. The summed E-state index contributed by atoms with van der Waals surface area (Å²) in [4.78, 5) is 35.4. The van der Waals surface area contributed by atoms with Crippen molar-refractivity contribution in [1.29, 1.82) is 0 Å². The zero-order chi connectivity index (χ0) is 25.2. The smallest absolute Gasteiger partial charge is 0.281 e. The lowest BCUT2D eigenvalue weighted by molar-refractivity contribution is 0.0711. The Labute approximate surface area is 213 Å². The fourth-order valence-corrected chi connectivity index (χ4v) is 4.91. The van der Waals surface area contributed by atoms with Gasteiger partial charge in [0.1, 0.15) is 5.82 Å². The molecule has 3 heterocycles. The molecule has 2 aromatic heterocycles. The van der Waals surface area contributed by atoms with Crippen LogP contribution in [0.3, 0.4) is 0 Å². The van der Waals surface area contributed by atoms with Crippen molar-refractivity contribution in [2.75, 3.05) is 13.1 Å². The van der Waals surface area contributed by atoms with Crippen LogP contribution in [-0.2, 0) is 6.54 Å². The fourth-order valence-electron chi connectivity index (χ4n) is 4.91. The summed E-state index contributed by atoms with van der Waals surface area (Å²) in [6.45, 7) is 1.70. The SMILES string of the molecule is O=C(c1ccc(-c2ccccc2)cc1)N1CCC(c2nc3c(nnn3Cc3ccccc3)c(=O)[nH]2)CC1. The highest BCUT2D eigenvalue weighted by molar-refractivity contribution is 5.94. The van der Waals surface area contributed by atoms with Crippen LogP contribution in [0.4, 0.5) is 0 Å². The molecule has 8 nitrogen and oxygen atoms in total. The highest BCUT2D eigenvalue weighted by Gasteiger charge is 2.27. The van der Waals surface area contributed by atoms with Gasteiger partial charge in [0.25, 0.3) is 11.5 Å². The maximum atomic E-state index is 13.1. The average Bonchev–Trinajstić information content (AvgIpc) is 3.37. The summed E-state index contributed by atoms with van der Waals surface area (Å²) in [7, 11) is 0. The van der Waals surface area contributed by atoms with Gasteiger partial charge in [0, 0.05) is 24.6 Å². The van der Waals surface area contributed by atoms with Gasteiger partial charge >= 0.3 is 0 Å². The van der Waals surface area contributed by atoms with Gasteiger partial charge in [0.15, 0.2) is 11.2 Å². The van der Waals surface area contributed by atoms with Gasteiger partial charge in [0.2, 0.25) is 0 Å². The molecule has 1 N–H and O–H groups in total. The molecule has 0 atom stereocenters. The molecule has 0 unspecified atom stereocenters. The van der Waals surface area contributed by atoms with Crippen LogP contribution < -0.4 is 5.56 Å². The number of fused-ring (bicyclic) bond motifs is 1. The van der Waals surface area contributed by atoms with Gasteiger partial charge in [-0.2, -0.15) is 0 Å². The third-order valence-electron chi connectivity index (χ3n) is 6.98. The van der Waals surface area contributed by atoms with Gasteiger partial charge in [-0.05, 0) is 41.7 Å².